The number of carbonyl (C=O) groups is 2. The predicted octanol–water partition coefficient (Wildman–Crippen LogP) is 3.14. The third-order valence-electron chi connectivity index (χ3n) is 2.40. The summed E-state index contributed by atoms with van der Waals surface area (Å²) in [5.41, 5.74) is 0. The molecule has 1 aromatic rings. The van der Waals surface area contributed by atoms with Crippen LogP contribution in [0.1, 0.15) is 20.3 Å². The molecule has 1 N–H and O–H groups in total. The largest absolute Gasteiger partial charge is 0.478 e. The Labute approximate surface area is 125 Å². The number of hydrogen-bond acceptors (Lipinski definition) is 4. The van der Waals surface area contributed by atoms with Crippen LogP contribution in [0.15, 0.2) is 40.6 Å². The number of benzene rings is 1. The molecule has 108 valence electrons. The minimum atomic E-state index is -1.28. The average molecular weight is 343 g/mol. The summed E-state index contributed by atoms with van der Waals surface area (Å²) in [7, 11) is 0. The number of hydrogen-bond donors (Lipinski definition) is 1. The van der Waals surface area contributed by atoms with Crippen LogP contribution >= 0.6 is 15.9 Å². The second-order valence-electron chi connectivity index (χ2n) is 4.00. The predicted molar refractivity (Wildman–Crippen MR) is 76.3 cm³/mol. The van der Waals surface area contributed by atoms with E-state index in [0.29, 0.717) is 22.7 Å². The van der Waals surface area contributed by atoms with Crippen LogP contribution in [0, 0.1) is 0 Å². The van der Waals surface area contributed by atoms with Gasteiger partial charge in [0.1, 0.15) is 5.75 Å². The van der Waals surface area contributed by atoms with Crippen LogP contribution in [0.25, 0.3) is 0 Å². The number of aliphatic carboxylic acids is 1. The third kappa shape index (κ3) is 5.05. The Morgan fingerprint density at radius 1 is 1.40 bits per heavy atom. The van der Waals surface area contributed by atoms with Crippen molar-refractivity contribution in [2.45, 2.75) is 26.4 Å². The monoisotopic (exact) mass is 342 g/mol. The van der Waals surface area contributed by atoms with Crippen molar-refractivity contribution in [1.82, 2.24) is 0 Å². The minimum Gasteiger partial charge on any atom is -0.478 e. The highest BCUT2D eigenvalue weighted by atomic mass is 79.9. The van der Waals surface area contributed by atoms with Gasteiger partial charge in [0, 0.05) is 0 Å². The van der Waals surface area contributed by atoms with Crippen LogP contribution in [-0.4, -0.2) is 23.1 Å². The van der Waals surface area contributed by atoms with Gasteiger partial charge in [-0.15, -0.1) is 0 Å². The van der Waals surface area contributed by atoms with E-state index in [0.717, 1.165) is 0 Å². The topological polar surface area (TPSA) is 72.8 Å². The lowest BCUT2D eigenvalue weighted by atomic mass is 10.3. The summed E-state index contributed by atoms with van der Waals surface area (Å²) < 4.78 is 11.0. The normalized spacial score (nSPS) is 12.7. The molecule has 0 bridgehead atoms. The maximum Gasteiger partial charge on any atom is 0.374 e. The fourth-order valence-electron chi connectivity index (χ4n) is 1.21. The molecule has 0 amide bonds. The molecule has 20 heavy (non-hydrogen) atoms. The number of halogens is 1. The van der Waals surface area contributed by atoms with Crippen molar-refractivity contribution < 1.29 is 24.2 Å². The van der Waals surface area contributed by atoms with E-state index in [9.17, 15) is 9.59 Å². The van der Waals surface area contributed by atoms with Gasteiger partial charge in [0.2, 0.25) is 5.76 Å². The van der Waals surface area contributed by atoms with Gasteiger partial charge in [0.25, 0.3) is 0 Å². The first-order valence-corrected chi connectivity index (χ1v) is 6.81. The number of para-hydroxylation sites is 1. The Bertz CT molecular complexity index is 524. The van der Waals surface area contributed by atoms with E-state index in [1.54, 1.807) is 31.2 Å². The SMILES string of the molecule is CCC(C)OC(=O)C(=CC(=O)O)Oc1ccccc1Br. The Balaban J connectivity index is 2.94. The molecule has 6 heteroatoms. The standard InChI is InChI=1S/C14H15BrO5/c1-3-9(2)19-14(18)12(8-13(16)17)20-11-7-5-4-6-10(11)15/h4-9H,3H2,1-2H3,(H,16,17). The van der Waals surface area contributed by atoms with Gasteiger partial charge < -0.3 is 14.6 Å². The first-order valence-electron chi connectivity index (χ1n) is 6.02. The summed E-state index contributed by atoms with van der Waals surface area (Å²) in [5.74, 6) is -2.13. The summed E-state index contributed by atoms with van der Waals surface area (Å²) in [6.45, 7) is 3.57. The molecule has 1 aromatic carbocycles. The quantitative estimate of drug-likeness (QED) is 0.488. The van der Waals surface area contributed by atoms with E-state index in [1.165, 1.54) is 0 Å². The second-order valence-corrected chi connectivity index (χ2v) is 4.86. The smallest absolute Gasteiger partial charge is 0.374 e. The molecule has 1 atom stereocenters. The summed E-state index contributed by atoms with van der Waals surface area (Å²) in [5, 5.41) is 8.80. The van der Waals surface area contributed by atoms with Crippen molar-refractivity contribution in [2.75, 3.05) is 0 Å². The molecule has 0 saturated heterocycles. The molecule has 1 unspecified atom stereocenters. The number of carboxylic acids is 1. The second kappa shape index (κ2) is 7.69. The Hall–Kier alpha value is -1.82. The summed E-state index contributed by atoms with van der Waals surface area (Å²) in [6, 6.07) is 6.80. The lowest BCUT2D eigenvalue weighted by molar-refractivity contribution is -0.146. The van der Waals surface area contributed by atoms with Crippen LogP contribution in [0.3, 0.4) is 0 Å². The van der Waals surface area contributed by atoms with E-state index in [1.807, 2.05) is 6.92 Å². The van der Waals surface area contributed by atoms with Gasteiger partial charge in [-0.2, -0.15) is 0 Å². The van der Waals surface area contributed by atoms with E-state index < -0.39 is 11.9 Å². The molecule has 0 heterocycles. The number of rotatable bonds is 6. The number of carboxylic acid groups (broad SMARTS) is 1. The Kier molecular flexibility index (Phi) is 6.24. The zero-order chi connectivity index (χ0) is 15.1. The van der Waals surface area contributed by atoms with Gasteiger partial charge in [-0.25, -0.2) is 9.59 Å². The Morgan fingerprint density at radius 2 is 2.05 bits per heavy atom. The molecule has 0 radical (unpaired) electrons. The van der Waals surface area contributed by atoms with Crippen molar-refractivity contribution in [3.63, 3.8) is 0 Å². The molecular weight excluding hydrogens is 328 g/mol. The fourth-order valence-corrected chi connectivity index (χ4v) is 1.58. The van der Waals surface area contributed by atoms with Gasteiger partial charge >= 0.3 is 11.9 Å². The fraction of sp³-hybridized carbons (Fsp3) is 0.286. The highest BCUT2D eigenvalue weighted by Gasteiger charge is 2.19. The molecule has 0 aliphatic heterocycles. The third-order valence-corrected chi connectivity index (χ3v) is 3.05. The van der Waals surface area contributed by atoms with E-state index >= 15 is 0 Å². The van der Waals surface area contributed by atoms with E-state index in [4.69, 9.17) is 14.6 Å². The van der Waals surface area contributed by atoms with E-state index in [2.05, 4.69) is 15.9 Å². The maximum absolute atomic E-state index is 11.9. The molecule has 1 rings (SSSR count). The number of ether oxygens (including phenoxy) is 2. The minimum absolute atomic E-state index is 0.317. The van der Waals surface area contributed by atoms with Crippen molar-refractivity contribution in [1.29, 1.82) is 0 Å². The van der Waals surface area contributed by atoms with Crippen molar-refractivity contribution in [2.24, 2.45) is 0 Å². The molecule has 0 aliphatic carbocycles. The van der Waals surface area contributed by atoms with Gasteiger partial charge in [-0.1, -0.05) is 19.1 Å². The van der Waals surface area contributed by atoms with Crippen molar-refractivity contribution in [3.05, 3.63) is 40.6 Å². The zero-order valence-corrected chi connectivity index (χ0v) is 12.7. The molecule has 0 fully saturated rings. The highest BCUT2D eigenvalue weighted by Crippen LogP contribution is 2.26. The maximum atomic E-state index is 11.9. The van der Waals surface area contributed by atoms with E-state index in [-0.39, 0.29) is 11.9 Å². The summed E-state index contributed by atoms with van der Waals surface area (Å²) in [4.78, 5) is 22.6. The lowest BCUT2D eigenvalue weighted by Crippen LogP contribution is -2.19. The van der Waals surface area contributed by atoms with Crippen LogP contribution in [0.5, 0.6) is 5.75 Å². The van der Waals surface area contributed by atoms with Gasteiger partial charge in [0.05, 0.1) is 16.7 Å². The zero-order valence-electron chi connectivity index (χ0n) is 11.1. The average Bonchev–Trinajstić information content (AvgIpc) is 2.39. The molecule has 0 aliphatic rings. The molecule has 0 spiro atoms. The van der Waals surface area contributed by atoms with Crippen LogP contribution in [0.4, 0.5) is 0 Å². The first-order chi connectivity index (χ1) is 9.43. The lowest BCUT2D eigenvalue weighted by Gasteiger charge is -2.14. The molecule has 5 nitrogen and oxygen atoms in total. The summed E-state index contributed by atoms with van der Waals surface area (Å²) in [6.07, 6.45) is 0.994. The van der Waals surface area contributed by atoms with Gasteiger partial charge in [0.15, 0.2) is 0 Å². The number of esters is 1. The van der Waals surface area contributed by atoms with Gasteiger partial charge in [-0.05, 0) is 41.4 Å². The molecular formula is C14H15BrO5. The first kappa shape index (κ1) is 16.2. The van der Waals surface area contributed by atoms with Crippen molar-refractivity contribution >= 4 is 27.9 Å². The van der Waals surface area contributed by atoms with Gasteiger partial charge in [-0.3, -0.25) is 0 Å². The van der Waals surface area contributed by atoms with Crippen molar-refractivity contribution in [3.8, 4) is 5.75 Å². The number of carbonyl (C=O) groups excluding carboxylic acids is 1. The van der Waals surface area contributed by atoms with Crippen LogP contribution < -0.4 is 4.74 Å². The Morgan fingerprint density at radius 3 is 2.60 bits per heavy atom. The highest BCUT2D eigenvalue weighted by molar-refractivity contribution is 9.10. The van der Waals surface area contributed by atoms with Crippen LogP contribution in [0.2, 0.25) is 0 Å². The molecule has 0 saturated carbocycles. The van der Waals surface area contributed by atoms with Crippen LogP contribution in [-0.2, 0) is 14.3 Å². The molecule has 0 aromatic heterocycles. The summed E-state index contributed by atoms with van der Waals surface area (Å²) >= 11 is 3.25.